The molecule has 1 heterocycles. The maximum absolute atomic E-state index is 8.94. The topological polar surface area (TPSA) is 36.0 Å². The summed E-state index contributed by atoms with van der Waals surface area (Å²) in [5, 5.41) is 9.22. The fraction of sp³-hybridized carbons (Fsp3) is 0. The van der Waals surface area contributed by atoms with Crippen LogP contribution < -0.4 is 0 Å². The summed E-state index contributed by atoms with van der Waals surface area (Å²) < 4.78 is 0.266. The van der Waals surface area contributed by atoms with Gasteiger partial charge in [0.05, 0.1) is 5.02 Å². The van der Waals surface area contributed by atoms with E-state index < -0.39 is 0 Å². The summed E-state index contributed by atoms with van der Waals surface area (Å²) in [4.78, 5) is 2.62. The van der Waals surface area contributed by atoms with Crippen LogP contribution in [-0.2, 0) is 0 Å². The predicted molar refractivity (Wildman–Crippen MR) is 38.3 cm³/mol. The molecule has 2 nitrogen and oxygen atoms in total. The molecule has 0 unspecified atom stereocenters. The molecule has 0 aliphatic carbocycles. The summed E-state index contributed by atoms with van der Waals surface area (Å²) >= 11 is 10.1. The highest BCUT2D eigenvalue weighted by molar-refractivity contribution is 7.71. The van der Waals surface area contributed by atoms with E-state index in [1.807, 2.05) is 0 Å². The molecule has 0 spiro atoms. The van der Waals surface area contributed by atoms with Crippen molar-refractivity contribution in [3.63, 3.8) is 0 Å². The normalized spacial score (nSPS) is 9.44. The van der Waals surface area contributed by atoms with Gasteiger partial charge in [0.25, 0.3) is 0 Å². The van der Waals surface area contributed by atoms with Gasteiger partial charge in [0.15, 0.2) is 5.75 Å². The Kier molecular flexibility index (Phi) is 1.73. The van der Waals surface area contributed by atoms with Gasteiger partial charge in [-0.2, -0.15) is 0 Å². The molecule has 0 aromatic carbocycles. The van der Waals surface area contributed by atoms with Gasteiger partial charge >= 0.3 is 0 Å². The predicted octanol–water partition coefficient (Wildman–Crippen LogP) is 2.10. The summed E-state index contributed by atoms with van der Waals surface area (Å²) in [6.45, 7) is 0. The van der Waals surface area contributed by atoms with Gasteiger partial charge in [-0.05, 0) is 6.07 Å². The number of aromatic amines is 1. The zero-order valence-corrected chi connectivity index (χ0v) is 5.96. The number of halogens is 1. The van der Waals surface area contributed by atoms with E-state index in [0.717, 1.165) is 0 Å². The zero-order valence-electron chi connectivity index (χ0n) is 4.39. The molecule has 2 N–H and O–H groups in total. The molecule has 0 amide bonds. The largest absolute Gasteiger partial charge is 0.504 e. The Balaban J connectivity index is 3.43. The molecule has 0 atom stereocenters. The average Bonchev–Trinajstić information content (AvgIpc) is 1.83. The monoisotopic (exact) mass is 161 g/mol. The lowest BCUT2D eigenvalue weighted by Gasteiger charge is -1.92. The number of nitrogens with one attached hydrogen (secondary N) is 1. The van der Waals surface area contributed by atoms with E-state index in [4.69, 9.17) is 16.7 Å². The van der Waals surface area contributed by atoms with Crippen LogP contribution in [0.5, 0.6) is 5.75 Å². The van der Waals surface area contributed by atoms with Crippen LogP contribution in [0.15, 0.2) is 12.3 Å². The van der Waals surface area contributed by atoms with Gasteiger partial charge in [0.1, 0.15) is 4.64 Å². The van der Waals surface area contributed by atoms with E-state index in [9.17, 15) is 0 Å². The van der Waals surface area contributed by atoms with Gasteiger partial charge in [-0.15, -0.1) is 0 Å². The fourth-order valence-corrected chi connectivity index (χ4v) is 0.838. The van der Waals surface area contributed by atoms with E-state index in [-0.39, 0.29) is 15.4 Å². The van der Waals surface area contributed by atoms with Crippen molar-refractivity contribution in [2.75, 3.05) is 0 Å². The summed E-state index contributed by atoms with van der Waals surface area (Å²) in [6, 6.07) is 1.53. The lowest BCUT2D eigenvalue weighted by molar-refractivity contribution is 0.470. The minimum absolute atomic E-state index is 0.0610. The molecule has 1 aromatic rings. The van der Waals surface area contributed by atoms with Crippen molar-refractivity contribution in [1.82, 2.24) is 4.98 Å². The van der Waals surface area contributed by atoms with Gasteiger partial charge in [-0.3, -0.25) is 0 Å². The third kappa shape index (κ3) is 1.23. The van der Waals surface area contributed by atoms with E-state index >= 15 is 0 Å². The Morgan fingerprint density at radius 1 is 1.67 bits per heavy atom. The first-order valence-electron chi connectivity index (χ1n) is 2.28. The highest BCUT2D eigenvalue weighted by Gasteiger charge is 1.95. The number of hydrogen-bond donors (Lipinski definition) is 2. The summed E-state index contributed by atoms with van der Waals surface area (Å²) in [7, 11) is 0. The summed E-state index contributed by atoms with van der Waals surface area (Å²) in [5.41, 5.74) is 0. The van der Waals surface area contributed by atoms with Gasteiger partial charge in [-0.1, -0.05) is 23.8 Å². The quantitative estimate of drug-likeness (QED) is 0.572. The molecule has 0 saturated carbocycles. The fourth-order valence-electron chi connectivity index (χ4n) is 0.446. The van der Waals surface area contributed by atoms with Gasteiger partial charge < -0.3 is 10.1 Å². The minimum atomic E-state index is -0.0610. The first kappa shape index (κ1) is 6.58. The zero-order chi connectivity index (χ0) is 6.85. The van der Waals surface area contributed by atoms with Gasteiger partial charge in [-0.25, -0.2) is 0 Å². The van der Waals surface area contributed by atoms with Crippen LogP contribution in [0.4, 0.5) is 0 Å². The molecule has 0 fully saturated rings. The molecule has 0 radical (unpaired) electrons. The molecule has 1 aromatic heterocycles. The van der Waals surface area contributed by atoms with Crippen LogP contribution in [0.1, 0.15) is 0 Å². The van der Waals surface area contributed by atoms with Crippen LogP contribution in [0.2, 0.25) is 5.02 Å². The average molecular weight is 162 g/mol. The van der Waals surface area contributed by atoms with Crippen molar-refractivity contribution in [2.45, 2.75) is 0 Å². The van der Waals surface area contributed by atoms with Crippen molar-refractivity contribution in [3.8, 4) is 5.75 Å². The third-order valence-corrected chi connectivity index (χ3v) is 1.50. The van der Waals surface area contributed by atoms with Crippen molar-refractivity contribution in [1.29, 1.82) is 0 Å². The number of aromatic hydroxyl groups is 1. The first-order valence-corrected chi connectivity index (χ1v) is 3.06. The summed E-state index contributed by atoms with van der Waals surface area (Å²) in [5.74, 6) is -0.0610. The molecular weight excluding hydrogens is 158 g/mol. The number of rotatable bonds is 0. The number of aromatic nitrogens is 1. The molecule has 0 bridgehead atoms. The van der Waals surface area contributed by atoms with Gasteiger partial charge in [0, 0.05) is 6.20 Å². The maximum Gasteiger partial charge on any atom is 0.169 e. The smallest absolute Gasteiger partial charge is 0.169 e. The van der Waals surface area contributed by atoms with Crippen LogP contribution in [0.25, 0.3) is 0 Å². The second-order valence-corrected chi connectivity index (χ2v) is 2.32. The summed E-state index contributed by atoms with van der Waals surface area (Å²) in [6.07, 6.45) is 1.57. The highest BCUT2D eigenvalue weighted by Crippen LogP contribution is 2.21. The van der Waals surface area contributed by atoms with Crippen LogP contribution in [-0.4, -0.2) is 10.1 Å². The standard InChI is InChI=1S/C5H4ClNOS/c6-3-1-2-7-5(9)4(3)8/h1-2,8H,(H,7,9). The van der Waals surface area contributed by atoms with E-state index in [0.29, 0.717) is 0 Å². The van der Waals surface area contributed by atoms with Crippen LogP contribution in [0, 0.1) is 4.64 Å². The van der Waals surface area contributed by atoms with Crippen molar-refractivity contribution in [2.24, 2.45) is 0 Å². The number of H-pyrrole nitrogens is 1. The number of hydrogen-bond acceptors (Lipinski definition) is 2. The minimum Gasteiger partial charge on any atom is -0.504 e. The Morgan fingerprint density at radius 3 is 2.78 bits per heavy atom. The lowest BCUT2D eigenvalue weighted by atomic mass is 10.5. The van der Waals surface area contributed by atoms with Crippen LogP contribution in [0.3, 0.4) is 0 Å². The molecule has 0 saturated heterocycles. The third-order valence-electron chi connectivity index (χ3n) is 0.885. The molecule has 0 aliphatic rings. The first-order chi connectivity index (χ1) is 4.22. The number of pyridine rings is 1. The SMILES string of the molecule is Oc1c(Cl)cc[nH]c1=S. The van der Waals surface area contributed by atoms with Crippen molar-refractivity contribution in [3.05, 3.63) is 21.9 Å². The van der Waals surface area contributed by atoms with E-state index in [1.165, 1.54) is 6.07 Å². The molecule has 1 rings (SSSR count). The second kappa shape index (κ2) is 2.37. The molecule has 48 valence electrons. The Morgan fingerprint density at radius 2 is 2.33 bits per heavy atom. The second-order valence-electron chi connectivity index (χ2n) is 1.50. The molecule has 9 heavy (non-hydrogen) atoms. The van der Waals surface area contributed by atoms with Crippen LogP contribution >= 0.6 is 23.8 Å². The molecule has 4 heteroatoms. The van der Waals surface area contributed by atoms with Crippen molar-refractivity contribution >= 4 is 23.8 Å². The molecular formula is C5H4ClNOS. The van der Waals surface area contributed by atoms with Crippen molar-refractivity contribution < 1.29 is 5.11 Å². The highest BCUT2D eigenvalue weighted by atomic mass is 35.5. The van der Waals surface area contributed by atoms with E-state index in [2.05, 4.69) is 17.2 Å². The molecule has 0 aliphatic heterocycles. The van der Waals surface area contributed by atoms with Gasteiger partial charge in [0.2, 0.25) is 0 Å². The Bertz CT molecular complexity index is 270. The Hall–Kier alpha value is -0.540. The maximum atomic E-state index is 8.94. The Labute approximate surface area is 62.1 Å². The van der Waals surface area contributed by atoms with E-state index in [1.54, 1.807) is 6.20 Å². The lowest BCUT2D eigenvalue weighted by Crippen LogP contribution is -1.73.